The minimum Gasteiger partial charge on any atom is -0.457 e. The summed E-state index contributed by atoms with van der Waals surface area (Å²) in [6.07, 6.45) is 0. The predicted octanol–water partition coefficient (Wildman–Crippen LogP) is 4.16. The van der Waals surface area contributed by atoms with Gasteiger partial charge < -0.3 is 4.74 Å². The Hall–Kier alpha value is -2.29. The molecule has 0 N–H and O–H groups in total. The highest BCUT2D eigenvalue weighted by Gasteiger charge is 2.29. The van der Waals surface area contributed by atoms with Crippen molar-refractivity contribution in [1.29, 1.82) is 0 Å². The standard InChI is InChI=1S/C17H11F3O4S/c1-22-24-25-10-3-4-11(14(19)7-10)12-8-23-17(21)16(12)9-2-5-13(18)15(20)6-9/h2-7H,8H2,1H3. The maximum atomic E-state index is 14.4. The topological polar surface area (TPSA) is 44.8 Å². The highest BCUT2D eigenvalue weighted by Crippen LogP contribution is 2.35. The van der Waals surface area contributed by atoms with Gasteiger partial charge in [-0.05, 0) is 29.8 Å². The van der Waals surface area contributed by atoms with Crippen LogP contribution in [0.25, 0.3) is 11.1 Å². The minimum absolute atomic E-state index is 0.00587. The Morgan fingerprint density at radius 2 is 1.84 bits per heavy atom. The van der Waals surface area contributed by atoms with Crippen molar-refractivity contribution in [3.05, 3.63) is 65.0 Å². The van der Waals surface area contributed by atoms with Crippen molar-refractivity contribution >= 4 is 29.2 Å². The van der Waals surface area contributed by atoms with Gasteiger partial charge in [0.25, 0.3) is 0 Å². The fraction of sp³-hybridized carbons (Fsp3) is 0.118. The van der Waals surface area contributed by atoms with E-state index in [4.69, 9.17) is 4.74 Å². The summed E-state index contributed by atoms with van der Waals surface area (Å²) in [5.74, 6) is -3.48. The first-order valence-corrected chi connectivity index (χ1v) is 7.78. The molecule has 3 rings (SSSR count). The van der Waals surface area contributed by atoms with Crippen molar-refractivity contribution in [1.82, 2.24) is 0 Å². The molecule has 0 radical (unpaired) electrons. The molecule has 0 bridgehead atoms. The summed E-state index contributed by atoms with van der Waals surface area (Å²) in [5, 5.41) is 0. The third kappa shape index (κ3) is 3.55. The maximum Gasteiger partial charge on any atom is 0.339 e. The lowest BCUT2D eigenvalue weighted by Crippen LogP contribution is -2.00. The van der Waals surface area contributed by atoms with E-state index in [1.54, 1.807) is 6.07 Å². The number of hydrogen-bond acceptors (Lipinski definition) is 5. The molecule has 0 unspecified atom stereocenters. The molecule has 2 aromatic rings. The zero-order chi connectivity index (χ0) is 18.0. The number of esters is 1. The molecule has 0 aliphatic carbocycles. The monoisotopic (exact) mass is 368 g/mol. The Bertz CT molecular complexity index is 867. The number of carbonyl (C=O) groups is 1. The molecule has 0 fully saturated rings. The van der Waals surface area contributed by atoms with Gasteiger partial charge in [0.1, 0.15) is 12.4 Å². The van der Waals surface area contributed by atoms with E-state index in [-0.39, 0.29) is 28.9 Å². The summed E-state index contributed by atoms with van der Waals surface area (Å²) in [5.41, 5.74) is 0.522. The van der Waals surface area contributed by atoms with Crippen molar-refractivity contribution in [2.24, 2.45) is 0 Å². The normalized spacial score (nSPS) is 14.2. The minimum atomic E-state index is -1.10. The van der Waals surface area contributed by atoms with Crippen LogP contribution >= 0.6 is 12.0 Å². The number of halogens is 3. The van der Waals surface area contributed by atoms with Gasteiger partial charge in [0, 0.05) is 16.0 Å². The third-order valence-corrected chi connectivity index (χ3v) is 4.18. The molecule has 2 aromatic carbocycles. The first-order chi connectivity index (χ1) is 12.0. The van der Waals surface area contributed by atoms with Crippen LogP contribution < -0.4 is 0 Å². The van der Waals surface area contributed by atoms with Crippen LogP contribution in [0.2, 0.25) is 0 Å². The van der Waals surface area contributed by atoms with Crippen molar-refractivity contribution in [3.63, 3.8) is 0 Å². The summed E-state index contributed by atoms with van der Waals surface area (Å²) >= 11 is 0.819. The smallest absolute Gasteiger partial charge is 0.339 e. The second-order valence-corrected chi connectivity index (χ2v) is 5.79. The van der Waals surface area contributed by atoms with E-state index in [2.05, 4.69) is 9.22 Å². The van der Waals surface area contributed by atoms with Gasteiger partial charge in [0.05, 0.1) is 24.7 Å². The Balaban J connectivity index is 2.05. The molecule has 0 saturated heterocycles. The highest BCUT2D eigenvalue weighted by molar-refractivity contribution is 7.94. The fourth-order valence-corrected chi connectivity index (χ4v) is 2.85. The summed E-state index contributed by atoms with van der Waals surface area (Å²) in [6, 6.07) is 7.26. The van der Waals surface area contributed by atoms with E-state index in [1.165, 1.54) is 25.3 Å². The molecule has 1 heterocycles. The molecule has 130 valence electrons. The van der Waals surface area contributed by atoms with E-state index in [9.17, 15) is 18.0 Å². The second kappa shape index (κ2) is 7.30. The van der Waals surface area contributed by atoms with Gasteiger partial charge in [-0.1, -0.05) is 12.1 Å². The van der Waals surface area contributed by atoms with E-state index in [0.29, 0.717) is 4.90 Å². The van der Waals surface area contributed by atoms with Gasteiger partial charge in [-0.15, -0.1) is 0 Å². The molecule has 1 aliphatic heterocycles. The molecular weight excluding hydrogens is 357 g/mol. The van der Waals surface area contributed by atoms with Crippen LogP contribution in [0.5, 0.6) is 0 Å². The van der Waals surface area contributed by atoms with E-state index in [1.807, 2.05) is 0 Å². The Morgan fingerprint density at radius 1 is 1.04 bits per heavy atom. The molecule has 0 aromatic heterocycles. The number of benzene rings is 2. The van der Waals surface area contributed by atoms with Crippen LogP contribution in [0.1, 0.15) is 11.1 Å². The molecule has 8 heteroatoms. The summed E-state index contributed by atoms with van der Waals surface area (Å²) in [6.45, 7) is -0.162. The van der Waals surface area contributed by atoms with Gasteiger partial charge in [-0.2, -0.15) is 4.33 Å². The molecular formula is C17H11F3O4S. The predicted molar refractivity (Wildman–Crippen MR) is 84.5 cm³/mol. The van der Waals surface area contributed by atoms with Gasteiger partial charge >= 0.3 is 5.97 Å². The molecule has 25 heavy (non-hydrogen) atoms. The molecule has 0 amide bonds. The average molecular weight is 368 g/mol. The second-order valence-electron chi connectivity index (χ2n) is 5.02. The number of cyclic esters (lactones) is 1. The van der Waals surface area contributed by atoms with E-state index >= 15 is 0 Å². The van der Waals surface area contributed by atoms with Crippen LogP contribution in [-0.4, -0.2) is 19.7 Å². The third-order valence-electron chi connectivity index (χ3n) is 3.53. The maximum absolute atomic E-state index is 14.4. The van der Waals surface area contributed by atoms with E-state index < -0.39 is 23.4 Å². The largest absolute Gasteiger partial charge is 0.457 e. The van der Waals surface area contributed by atoms with Crippen molar-refractivity contribution in [2.75, 3.05) is 13.7 Å². The summed E-state index contributed by atoms with van der Waals surface area (Å²) < 4.78 is 50.7. The fourth-order valence-electron chi connectivity index (χ4n) is 2.43. The van der Waals surface area contributed by atoms with E-state index in [0.717, 1.165) is 24.2 Å². The van der Waals surface area contributed by atoms with Gasteiger partial charge in [-0.25, -0.2) is 22.9 Å². The first kappa shape index (κ1) is 17.5. The van der Waals surface area contributed by atoms with Gasteiger partial charge in [0.2, 0.25) is 0 Å². The average Bonchev–Trinajstić information content (AvgIpc) is 2.97. The molecule has 0 spiro atoms. The number of rotatable bonds is 5. The van der Waals surface area contributed by atoms with Crippen LogP contribution in [0.3, 0.4) is 0 Å². The van der Waals surface area contributed by atoms with Crippen LogP contribution in [-0.2, 0) is 18.8 Å². The molecule has 0 atom stereocenters. The molecule has 4 nitrogen and oxygen atoms in total. The SMILES string of the molecule is COOSc1ccc(C2=C(c3ccc(F)c(F)c3)C(=O)OC2)c(F)c1. The Labute approximate surface area is 145 Å². The summed E-state index contributed by atoms with van der Waals surface area (Å²) in [4.78, 5) is 16.9. The number of hydrogen-bond donors (Lipinski definition) is 0. The lowest BCUT2D eigenvalue weighted by Gasteiger charge is -2.08. The van der Waals surface area contributed by atoms with Crippen molar-refractivity contribution < 1.29 is 31.9 Å². The Kier molecular flexibility index (Phi) is 5.12. The van der Waals surface area contributed by atoms with Gasteiger partial charge in [-0.3, -0.25) is 0 Å². The number of carbonyl (C=O) groups excluding carboxylic acids is 1. The molecule has 1 aliphatic rings. The number of ether oxygens (including phenoxy) is 1. The Morgan fingerprint density at radius 3 is 2.52 bits per heavy atom. The van der Waals surface area contributed by atoms with Crippen molar-refractivity contribution in [3.8, 4) is 0 Å². The zero-order valence-corrected chi connectivity index (χ0v) is 13.7. The van der Waals surface area contributed by atoms with Crippen LogP contribution in [0.4, 0.5) is 13.2 Å². The zero-order valence-electron chi connectivity index (χ0n) is 12.8. The van der Waals surface area contributed by atoms with Crippen LogP contribution in [0.15, 0.2) is 41.3 Å². The lowest BCUT2D eigenvalue weighted by atomic mass is 9.96. The first-order valence-electron chi connectivity index (χ1n) is 7.04. The summed E-state index contributed by atoms with van der Waals surface area (Å²) in [7, 11) is 1.32. The molecule has 0 saturated carbocycles. The highest BCUT2D eigenvalue weighted by atomic mass is 32.2. The quantitative estimate of drug-likeness (QED) is 0.343. The van der Waals surface area contributed by atoms with Crippen LogP contribution in [0, 0.1) is 17.5 Å². The van der Waals surface area contributed by atoms with Gasteiger partial charge in [0.15, 0.2) is 11.6 Å². The lowest BCUT2D eigenvalue weighted by molar-refractivity contribution is -0.160. The van der Waals surface area contributed by atoms with Crippen molar-refractivity contribution in [2.45, 2.75) is 4.90 Å².